The number of likely N-dealkylation sites (N-methyl/N-ethyl adjacent to an activating group) is 1. The number of ketones is 1. The molecule has 0 amide bonds. The minimum Gasteiger partial charge on any atom is -0.460 e. The second kappa shape index (κ2) is 11.9. The molecule has 1 aliphatic rings. The molecule has 0 bridgehead atoms. The van der Waals surface area contributed by atoms with Gasteiger partial charge in [-0.15, -0.1) is 0 Å². The molecule has 0 fully saturated rings. The standard InChI is InChI=1S/C27H30ClN3O5/c1-5-21-24(17(3)32)25(20-9-7-8-10-23(20)31(34)35)26(22(6-2)29-21)27(33)36-16-15-30(4)19-13-11-18(28)12-14-19/h7-14,25,29H,5-6,15-16H2,1-4H3. The van der Waals surface area contributed by atoms with E-state index >= 15 is 0 Å². The number of anilines is 1. The van der Waals surface area contributed by atoms with Gasteiger partial charge in [-0.2, -0.15) is 0 Å². The van der Waals surface area contributed by atoms with E-state index in [4.69, 9.17) is 16.3 Å². The van der Waals surface area contributed by atoms with Crippen molar-refractivity contribution in [3.8, 4) is 0 Å². The van der Waals surface area contributed by atoms with Crippen LogP contribution in [0.2, 0.25) is 5.02 Å². The number of allylic oxidation sites excluding steroid dienone is 3. The van der Waals surface area contributed by atoms with E-state index in [1.54, 1.807) is 30.3 Å². The molecule has 0 saturated heterocycles. The van der Waals surface area contributed by atoms with Crippen LogP contribution in [-0.4, -0.2) is 36.9 Å². The third-order valence-corrected chi connectivity index (χ3v) is 6.46. The van der Waals surface area contributed by atoms with Gasteiger partial charge in [0.15, 0.2) is 5.78 Å². The first kappa shape index (κ1) is 26.9. The number of Topliss-reactive ketones (excluding diaryl/α,β-unsaturated/α-hetero) is 1. The molecule has 36 heavy (non-hydrogen) atoms. The van der Waals surface area contributed by atoms with Crippen LogP contribution in [0.1, 0.15) is 45.1 Å². The number of nitrogens with zero attached hydrogens (tertiary/aromatic N) is 2. The number of rotatable bonds is 10. The van der Waals surface area contributed by atoms with Crippen LogP contribution >= 0.6 is 11.6 Å². The minimum atomic E-state index is -0.906. The predicted molar refractivity (Wildman–Crippen MR) is 140 cm³/mol. The molecule has 0 aromatic heterocycles. The first-order valence-electron chi connectivity index (χ1n) is 11.8. The summed E-state index contributed by atoms with van der Waals surface area (Å²) in [4.78, 5) is 39.6. The maximum absolute atomic E-state index is 13.5. The summed E-state index contributed by atoms with van der Waals surface area (Å²) in [6.07, 6.45) is 0.963. The summed E-state index contributed by atoms with van der Waals surface area (Å²) < 4.78 is 5.67. The van der Waals surface area contributed by atoms with E-state index in [0.29, 0.717) is 41.4 Å². The van der Waals surface area contributed by atoms with Crippen LogP contribution in [0.15, 0.2) is 71.1 Å². The van der Waals surface area contributed by atoms with Gasteiger partial charge in [-0.05, 0) is 44.0 Å². The molecule has 0 saturated carbocycles. The van der Waals surface area contributed by atoms with Gasteiger partial charge in [-0.3, -0.25) is 14.9 Å². The van der Waals surface area contributed by atoms with Gasteiger partial charge in [-0.25, -0.2) is 4.79 Å². The van der Waals surface area contributed by atoms with E-state index in [2.05, 4.69) is 5.32 Å². The number of benzene rings is 2. The lowest BCUT2D eigenvalue weighted by molar-refractivity contribution is -0.385. The molecular formula is C27H30ClN3O5. The van der Waals surface area contributed by atoms with E-state index in [1.807, 2.05) is 37.9 Å². The highest BCUT2D eigenvalue weighted by Crippen LogP contribution is 2.43. The van der Waals surface area contributed by atoms with Crippen molar-refractivity contribution in [2.75, 3.05) is 25.1 Å². The van der Waals surface area contributed by atoms with E-state index < -0.39 is 16.8 Å². The number of nitro benzene ring substituents is 1. The number of nitro groups is 1. The van der Waals surface area contributed by atoms with Gasteiger partial charge in [0.1, 0.15) is 6.61 Å². The van der Waals surface area contributed by atoms with Crippen LogP contribution in [0.3, 0.4) is 0 Å². The largest absolute Gasteiger partial charge is 0.460 e. The van der Waals surface area contributed by atoms with Crippen LogP contribution in [0.25, 0.3) is 0 Å². The summed E-state index contributed by atoms with van der Waals surface area (Å²) in [5.41, 5.74) is 2.86. The van der Waals surface area contributed by atoms with Gasteiger partial charge in [0.05, 0.1) is 23.0 Å². The maximum atomic E-state index is 13.5. The fourth-order valence-electron chi connectivity index (χ4n) is 4.41. The van der Waals surface area contributed by atoms with Crippen molar-refractivity contribution in [2.24, 2.45) is 0 Å². The molecule has 1 unspecified atom stereocenters. The van der Waals surface area contributed by atoms with E-state index in [1.165, 1.54) is 13.0 Å². The van der Waals surface area contributed by atoms with Crippen molar-refractivity contribution in [1.82, 2.24) is 5.32 Å². The number of para-hydroxylation sites is 1. The smallest absolute Gasteiger partial charge is 0.336 e. The van der Waals surface area contributed by atoms with Crippen LogP contribution in [0.5, 0.6) is 0 Å². The minimum absolute atomic E-state index is 0.0851. The number of carbonyl (C=O) groups excluding carboxylic acids is 2. The summed E-state index contributed by atoms with van der Waals surface area (Å²) in [7, 11) is 1.87. The van der Waals surface area contributed by atoms with Gasteiger partial charge in [0, 0.05) is 46.4 Å². The molecular weight excluding hydrogens is 482 g/mol. The Kier molecular flexibility index (Phi) is 8.88. The molecule has 9 heteroatoms. The molecule has 1 aliphatic heterocycles. The number of nitrogens with one attached hydrogen (secondary N) is 1. The molecule has 3 rings (SSSR count). The third kappa shape index (κ3) is 5.76. The number of esters is 1. The second-order valence-electron chi connectivity index (χ2n) is 8.46. The molecule has 0 aliphatic carbocycles. The molecule has 2 aromatic carbocycles. The lowest BCUT2D eigenvalue weighted by Crippen LogP contribution is -2.34. The lowest BCUT2D eigenvalue weighted by atomic mass is 9.77. The van der Waals surface area contributed by atoms with E-state index in [9.17, 15) is 19.7 Å². The summed E-state index contributed by atoms with van der Waals surface area (Å²) >= 11 is 5.96. The fourth-order valence-corrected chi connectivity index (χ4v) is 4.54. The molecule has 1 atom stereocenters. The maximum Gasteiger partial charge on any atom is 0.336 e. The van der Waals surface area contributed by atoms with Crippen LogP contribution < -0.4 is 10.2 Å². The number of carbonyl (C=O) groups is 2. The van der Waals surface area contributed by atoms with Crippen molar-refractivity contribution in [3.63, 3.8) is 0 Å². The molecule has 1 N–H and O–H groups in total. The van der Waals surface area contributed by atoms with Gasteiger partial charge in [0.25, 0.3) is 5.69 Å². The van der Waals surface area contributed by atoms with Gasteiger partial charge in [0.2, 0.25) is 0 Å². The fraction of sp³-hybridized carbons (Fsp3) is 0.333. The number of dihydropyridines is 1. The zero-order chi connectivity index (χ0) is 26.4. The summed E-state index contributed by atoms with van der Waals surface area (Å²) in [5.74, 6) is -1.77. The Morgan fingerprint density at radius 3 is 2.25 bits per heavy atom. The summed E-state index contributed by atoms with van der Waals surface area (Å²) in [6.45, 7) is 5.69. The number of halogens is 1. The highest BCUT2D eigenvalue weighted by atomic mass is 35.5. The van der Waals surface area contributed by atoms with Crippen molar-refractivity contribution in [3.05, 3.63) is 91.8 Å². The third-order valence-electron chi connectivity index (χ3n) is 6.21. The van der Waals surface area contributed by atoms with Crippen molar-refractivity contribution < 1.29 is 19.2 Å². The Balaban J connectivity index is 1.97. The average molecular weight is 512 g/mol. The highest BCUT2D eigenvalue weighted by molar-refractivity contribution is 6.30. The van der Waals surface area contributed by atoms with Crippen LogP contribution in [-0.2, 0) is 14.3 Å². The Morgan fingerprint density at radius 1 is 1.06 bits per heavy atom. The average Bonchev–Trinajstić information content (AvgIpc) is 2.87. The number of hydrogen-bond donors (Lipinski definition) is 1. The van der Waals surface area contributed by atoms with Crippen LogP contribution in [0.4, 0.5) is 11.4 Å². The normalized spacial score (nSPS) is 15.4. The number of hydrogen-bond acceptors (Lipinski definition) is 7. The highest BCUT2D eigenvalue weighted by Gasteiger charge is 2.40. The van der Waals surface area contributed by atoms with Crippen molar-refractivity contribution in [2.45, 2.75) is 39.5 Å². The van der Waals surface area contributed by atoms with Crippen LogP contribution in [0, 0.1) is 10.1 Å². The molecule has 8 nitrogen and oxygen atoms in total. The van der Waals surface area contributed by atoms with Crippen molar-refractivity contribution >= 4 is 34.7 Å². The summed E-state index contributed by atoms with van der Waals surface area (Å²) in [6, 6.07) is 13.5. The SMILES string of the molecule is CCC1=C(C(C)=O)C(c2ccccc2[N+](=O)[O-])C(C(=O)OCCN(C)c2ccc(Cl)cc2)=C(CC)N1. The van der Waals surface area contributed by atoms with Crippen molar-refractivity contribution in [1.29, 1.82) is 0 Å². The Morgan fingerprint density at radius 2 is 1.67 bits per heavy atom. The van der Waals surface area contributed by atoms with Gasteiger partial charge >= 0.3 is 5.97 Å². The van der Waals surface area contributed by atoms with Gasteiger partial charge < -0.3 is 15.0 Å². The quantitative estimate of drug-likeness (QED) is 0.254. The second-order valence-corrected chi connectivity index (χ2v) is 8.89. The zero-order valence-electron chi connectivity index (χ0n) is 20.8. The Hall–Kier alpha value is -3.65. The summed E-state index contributed by atoms with van der Waals surface area (Å²) in [5, 5.41) is 15.7. The van der Waals surface area contributed by atoms with Gasteiger partial charge in [-0.1, -0.05) is 43.6 Å². The molecule has 0 radical (unpaired) electrons. The molecule has 0 spiro atoms. The Labute approximate surface area is 215 Å². The Bertz CT molecular complexity index is 1220. The predicted octanol–water partition coefficient (Wildman–Crippen LogP) is 5.53. The lowest BCUT2D eigenvalue weighted by Gasteiger charge is -2.32. The first-order chi connectivity index (χ1) is 17.2. The number of ether oxygens (including phenoxy) is 1. The zero-order valence-corrected chi connectivity index (χ0v) is 21.6. The molecule has 1 heterocycles. The first-order valence-corrected chi connectivity index (χ1v) is 12.2. The monoisotopic (exact) mass is 511 g/mol. The molecule has 190 valence electrons. The van der Waals surface area contributed by atoms with E-state index in [-0.39, 0.29) is 29.2 Å². The topological polar surface area (TPSA) is 102 Å². The molecule has 2 aromatic rings. The van der Waals surface area contributed by atoms with E-state index in [0.717, 1.165) is 5.69 Å².